The van der Waals surface area contributed by atoms with Crippen LogP contribution in [0.5, 0.6) is 0 Å². The fourth-order valence-electron chi connectivity index (χ4n) is 4.95. The van der Waals surface area contributed by atoms with Gasteiger partial charge in [0.1, 0.15) is 0 Å². The van der Waals surface area contributed by atoms with Gasteiger partial charge in [0, 0.05) is 23.0 Å². The summed E-state index contributed by atoms with van der Waals surface area (Å²) in [5, 5.41) is 2.21. The Bertz CT molecular complexity index is 1390. The van der Waals surface area contributed by atoms with Crippen molar-refractivity contribution >= 4 is 29.6 Å². The van der Waals surface area contributed by atoms with Gasteiger partial charge in [0.05, 0.1) is 5.69 Å². The van der Waals surface area contributed by atoms with E-state index in [1.165, 1.54) is 44.4 Å². The van der Waals surface area contributed by atoms with Crippen molar-refractivity contribution in [2.24, 2.45) is 0 Å². The molecule has 0 N–H and O–H groups in total. The highest BCUT2D eigenvalue weighted by molar-refractivity contribution is 5.91. The highest BCUT2D eigenvalue weighted by Crippen LogP contribution is 2.37. The van der Waals surface area contributed by atoms with E-state index in [-0.39, 0.29) is 0 Å². The van der Waals surface area contributed by atoms with Gasteiger partial charge in [0.2, 0.25) is 0 Å². The molecule has 0 atom stereocenters. The minimum absolute atomic E-state index is 0.933. The third kappa shape index (κ3) is 5.25. The molecule has 178 valence electrons. The number of hydrogen-bond acceptors (Lipinski definition) is 1. The molecule has 0 aromatic heterocycles. The monoisotopic (exact) mass is 459 g/mol. The predicted molar refractivity (Wildman–Crippen MR) is 155 cm³/mol. The summed E-state index contributed by atoms with van der Waals surface area (Å²) in [4.78, 5) is 2.49. The van der Waals surface area contributed by atoms with Gasteiger partial charge in [-0.1, -0.05) is 99.3 Å². The molecule has 3 aromatic rings. The number of unbranched alkanes of at least 4 members (excludes halogenated alkanes) is 1. The van der Waals surface area contributed by atoms with Gasteiger partial charge < -0.3 is 4.90 Å². The fraction of sp³-hybridized carbons (Fsp3) is 0.235. The van der Waals surface area contributed by atoms with Gasteiger partial charge in [0.15, 0.2) is 0 Å². The molecular formula is C34H37N. The minimum Gasteiger partial charge on any atom is -0.340 e. The van der Waals surface area contributed by atoms with Crippen molar-refractivity contribution in [2.75, 3.05) is 11.4 Å². The summed E-state index contributed by atoms with van der Waals surface area (Å²) in [6.07, 6.45) is 13.3. The first kappa shape index (κ1) is 24.5. The predicted octanol–water partition coefficient (Wildman–Crippen LogP) is 7.42. The Labute approximate surface area is 211 Å². The van der Waals surface area contributed by atoms with Gasteiger partial charge in [0.25, 0.3) is 0 Å². The standard InChI is InChI=1S/C34H37N/c1-6-8-23-35(33(14-7-2)31-19-12-9-15-25(31)3)34-26(4)16-13-20-32(34)27(5)29-22-21-28-17-10-11-18-30(28)24-29/h7,9,11-16,18-22,24H,3,5-6,8,10,17,23H2,1-2,4H3/b14-7-,33-31+. The van der Waals surface area contributed by atoms with E-state index in [0.29, 0.717) is 0 Å². The Morgan fingerprint density at radius 3 is 2.66 bits per heavy atom. The maximum atomic E-state index is 4.61. The summed E-state index contributed by atoms with van der Waals surface area (Å²) in [6, 6.07) is 21.8. The van der Waals surface area contributed by atoms with Crippen LogP contribution in [-0.4, -0.2) is 6.54 Å². The second-order valence-electron chi connectivity index (χ2n) is 9.35. The van der Waals surface area contributed by atoms with Gasteiger partial charge >= 0.3 is 0 Å². The maximum absolute atomic E-state index is 4.61. The van der Waals surface area contributed by atoms with Crippen LogP contribution in [0.2, 0.25) is 0 Å². The zero-order valence-corrected chi connectivity index (χ0v) is 21.5. The van der Waals surface area contributed by atoms with Gasteiger partial charge in [-0.15, -0.1) is 0 Å². The van der Waals surface area contributed by atoms with E-state index >= 15 is 0 Å². The second kappa shape index (κ2) is 11.2. The zero-order valence-electron chi connectivity index (χ0n) is 21.5. The average molecular weight is 460 g/mol. The average Bonchev–Trinajstić information content (AvgIpc) is 2.88. The molecule has 0 radical (unpaired) electrons. The van der Waals surface area contributed by atoms with Crippen molar-refractivity contribution in [1.82, 2.24) is 0 Å². The Balaban J connectivity index is 1.92. The zero-order chi connectivity index (χ0) is 24.8. The lowest BCUT2D eigenvalue weighted by Gasteiger charge is -2.31. The molecule has 1 nitrogen and oxygen atoms in total. The van der Waals surface area contributed by atoms with Crippen LogP contribution < -0.4 is 15.3 Å². The number of para-hydroxylation sites is 1. The van der Waals surface area contributed by atoms with E-state index in [2.05, 4.69) is 124 Å². The van der Waals surface area contributed by atoms with Crippen molar-refractivity contribution in [3.05, 3.63) is 124 Å². The molecule has 0 bridgehead atoms. The normalized spacial score (nSPS) is 13.6. The Kier molecular flexibility index (Phi) is 7.87. The lowest BCUT2D eigenvalue weighted by Crippen LogP contribution is -2.34. The van der Waals surface area contributed by atoms with Crippen LogP contribution in [0.15, 0.2) is 85.5 Å². The van der Waals surface area contributed by atoms with Crippen LogP contribution in [0.3, 0.4) is 0 Å². The number of hydrogen-bond donors (Lipinski definition) is 0. The van der Waals surface area contributed by atoms with Crippen molar-refractivity contribution in [3.8, 4) is 0 Å². The van der Waals surface area contributed by atoms with E-state index in [9.17, 15) is 0 Å². The fourth-order valence-corrected chi connectivity index (χ4v) is 4.95. The van der Waals surface area contributed by atoms with Crippen molar-refractivity contribution in [2.45, 2.75) is 46.5 Å². The second-order valence-corrected chi connectivity index (χ2v) is 9.35. The number of anilines is 1. The highest BCUT2D eigenvalue weighted by atomic mass is 15.1. The van der Waals surface area contributed by atoms with Crippen LogP contribution in [-0.2, 0) is 6.42 Å². The Morgan fingerprint density at radius 1 is 1.06 bits per heavy atom. The molecule has 3 aromatic carbocycles. The molecule has 4 rings (SSSR count). The summed E-state index contributed by atoms with van der Waals surface area (Å²) in [7, 11) is 0. The van der Waals surface area contributed by atoms with Gasteiger partial charge in [-0.2, -0.15) is 0 Å². The third-order valence-corrected chi connectivity index (χ3v) is 6.85. The first-order valence-corrected chi connectivity index (χ1v) is 12.8. The molecule has 35 heavy (non-hydrogen) atoms. The van der Waals surface area contributed by atoms with E-state index in [1.807, 2.05) is 0 Å². The highest BCUT2D eigenvalue weighted by Gasteiger charge is 2.20. The molecular weight excluding hydrogens is 422 g/mol. The maximum Gasteiger partial charge on any atom is 0.0520 e. The van der Waals surface area contributed by atoms with Crippen LogP contribution >= 0.6 is 0 Å². The van der Waals surface area contributed by atoms with Crippen molar-refractivity contribution < 1.29 is 0 Å². The number of allylic oxidation sites excluding steroid dienone is 2. The number of nitrogens with zero attached hydrogens (tertiary/aromatic N) is 1. The minimum atomic E-state index is 0.933. The Hall–Kier alpha value is -3.58. The van der Waals surface area contributed by atoms with Gasteiger partial charge in [-0.3, -0.25) is 0 Å². The lowest BCUT2D eigenvalue weighted by atomic mass is 9.90. The number of rotatable bonds is 8. The summed E-state index contributed by atoms with van der Waals surface area (Å²) in [6.45, 7) is 16.4. The summed E-state index contributed by atoms with van der Waals surface area (Å²) in [5.41, 5.74) is 9.84. The van der Waals surface area contributed by atoms with E-state index in [1.54, 1.807) is 0 Å². The summed E-state index contributed by atoms with van der Waals surface area (Å²) in [5.74, 6) is 0. The number of benzene rings is 3. The Morgan fingerprint density at radius 2 is 1.89 bits per heavy atom. The van der Waals surface area contributed by atoms with E-state index < -0.39 is 0 Å². The van der Waals surface area contributed by atoms with Crippen LogP contribution in [0, 0.1) is 6.92 Å². The largest absolute Gasteiger partial charge is 0.340 e. The van der Waals surface area contributed by atoms with Crippen LogP contribution in [0.1, 0.15) is 60.9 Å². The summed E-state index contributed by atoms with van der Waals surface area (Å²) < 4.78 is 0. The summed E-state index contributed by atoms with van der Waals surface area (Å²) >= 11 is 0. The van der Waals surface area contributed by atoms with Crippen LogP contribution in [0.25, 0.3) is 23.9 Å². The molecule has 0 spiro atoms. The smallest absolute Gasteiger partial charge is 0.0520 e. The number of fused-ring (bicyclic) bond motifs is 1. The first-order chi connectivity index (χ1) is 17.0. The lowest BCUT2D eigenvalue weighted by molar-refractivity contribution is 0.786. The molecule has 0 saturated carbocycles. The van der Waals surface area contributed by atoms with Crippen LogP contribution in [0.4, 0.5) is 5.69 Å². The molecule has 0 unspecified atom stereocenters. The molecule has 0 amide bonds. The third-order valence-electron chi connectivity index (χ3n) is 6.85. The molecule has 0 aliphatic heterocycles. The molecule has 1 aliphatic rings. The van der Waals surface area contributed by atoms with Crippen molar-refractivity contribution in [1.29, 1.82) is 0 Å². The quantitative estimate of drug-likeness (QED) is 0.339. The van der Waals surface area contributed by atoms with E-state index in [0.717, 1.165) is 43.0 Å². The first-order valence-electron chi connectivity index (χ1n) is 12.8. The van der Waals surface area contributed by atoms with Gasteiger partial charge in [-0.05, 0) is 78.3 Å². The number of aryl methyl sites for hydroxylation is 2. The molecule has 0 fully saturated rings. The van der Waals surface area contributed by atoms with E-state index in [4.69, 9.17) is 0 Å². The molecule has 1 aliphatic carbocycles. The van der Waals surface area contributed by atoms with Gasteiger partial charge in [-0.25, -0.2) is 0 Å². The van der Waals surface area contributed by atoms with Crippen molar-refractivity contribution in [3.63, 3.8) is 0 Å². The molecule has 0 heterocycles. The SMILES string of the molecule is C=C(c1ccc2c(c1)C=CCC2)c1cccc(C)c1N(CCCC)C(/C=C\C)=c1\ccccc1=C. The molecule has 1 heteroatoms. The topological polar surface area (TPSA) is 3.24 Å². The molecule has 0 saturated heterocycles.